The van der Waals surface area contributed by atoms with E-state index in [4.69, 9.17) is 19.2 Å². The summed E-state index contributed by atoms with van der Waals surface area (Å²) in [5.41, 5.74) is 2.32. The maximum Gasteiger partial charge on any atom is 0.229 e. The molecule has 0 aliphatic heterocycles. The van der Waals surface area contributed by atoms with Crippen LogP contribution in [0.1, 0.15) is 6.92 Å². The van der Waals surface area contributed by atoms with E-state index in [1.54, 1.807) is 49.1 Å². The van der Waals surface area contributed by atoms with Gasteiger partial charge < -0.3 is 14.2 Å². The number of benzene rings is 1. The Bertz CT molecular complexity index is 1400. The Balaban J connectivity index is 2.06. The van der Waals surface area contributed by atoms with Crippen LogP contribution in [0.25, 0.3) is 28.4 Å². The highest BCUT2D eigenvalue weighted by Gasteiger charge is 2.23. The van der Waals surface area contributed by atoms with Gasteiger partial charge in [-0.25, -0.2) is 23.4 Å². The van der Waals surface area contributed by atoms with E-state index in [-0.39, 0.29) is 0 Å². The summed E-state index contributed by atoms with van der Waals surface area (Å²) in [5, 5.41) is 0. The van der Waals surface area contributed by atoms with Crippen LogP contribution in [0.15, 0.2) is 48.7 Å². The van der Waals surface area contributed by atoms with Crippen molar-refractivity contribution in [2.24, 2.45) is 0 Å². The zero-order valence-electron chi connectivity index (χ0n) is 18.6. The van der Waals surface area contributed by atoms with E-state index in [1.807, 2.05) is 19.1 Å². The van der Waals surface area contributed by atoms with E-state index in [9.17, 15) is 8.42 Å². The number of methoxy groups -OCH3 is 2. The number of imidazole rings is 1. The molecule has 0 aliphatic carbocycles. The molecule has 0 aliphatic rings. The van der Waals surface area contributed by atoms with E-state index >= 15 is 0 Å². The number of aromatic nitrogens is 4. The van der Waals surface area contributed by atoms with Gasteiger partial charge in [-0.2, -0.15) is 0 Å². The van der Waals surface area contributed by atoms with Crippen molar-refractivity contribution in [2.75, 3.05) is 31.8 Å². The fourth-order valence-electron chi connectivity index (χ4n) is 3.45. The van der Waals surface area contributed by atoms with Gasteiger partial charge in [-0.1, -0.05) is 12.1 Å². The Labute approximate surface area is 191 Å². The van der Waals surface area contributed by atoms with Gasteiger partial charge >= 0.3 is 0 Å². The molecule has 0 unspecified atom stereocenters. The summed E-state index contributed by atoms with van der Waals surface area (Å²) < 4.78 is 44.6. The summed E-state index contributed by atoms with van der Waals surface area (Å²) in [6, 6.07) is 12.4. The van der Waals surface area contributed by atoms with Crippen LogP contribution in [-0.4, -0.2) is 55.0 Å². The summed E-state index contributed by atoms with van der Waals surface area (Å²) >= 11 is 0. The Kier molecular flexibility index (Phi) is 6.05. The average Bonchev–Trinajstić information content (AvgIpc) is 3.16. The number of rotatable bonds is 8. The molecule has 0 fully saturated rings. The third kappa shape index (κ3) is 4.53. The fraction of sp³-hybridized carbons (Fsp3) is 0.227. The maximum absolute atomic E-state index is 11.8. The molecule has 0 radical (unpaired) electrons. The maximum atomic E-state index is 11.8. The molecule has 0 atom stereocenters. The van der Waals surface area contributed by atoms with E-state index in [2.05, 4.69) is 14.7 Å². The molecule has 10 nitrogen and oxygen atoms in total. The van der Waals surface area contributed by atoms with Crippen LogP contribution >= 0.6 is 0 Å². The van der Waals surface area contributed by atoms with E-state index in [1.165, 1.54) is 6.20 Å². The van der Waals surface area contributed by atoms with Crippen LogP contribution in [0.2, 0.25) is 0 Å². The fourth-order valence-corrected chi connectivity index (χ4v) is 3.99. The lowest BCUT2D eigenvalue weighted by molar-refractivity contribution is 0.327. The normalized spacial score (nSPS) is 11.4. The van der Waals surface area contributed by atoms with Gasteiger partial charge in [0.25, 0.3) is 0 Å². The van der Waals surface area contributed by atoms with E-state index in [0.717, 1.165) is 6.26 Å². The van der Waals surface area contributed by atoms with Crippen molar-refractivity contribution in [3.8, 4) is 34.6 Å². The molecule has 3 aromatic heterocycles. The third-order valence-corrected chi connectivity index (χ3v) is 5.29. The largest absolute Gasteiger partial charge is 0.494 e. The van der Waals surface area contributed by atoms with Crippen molar-refractivity contribution >= 4 is 26.9 Å². The number of fused-ring (bicyclic) bond motifs is 1. The van der Waals surface area contributed by atoms with Crippen molar-refractivity contribution in [3.63, 3.8) is 0 Å². The highest BCUT2D eigenvalue weighted by Crippen LogP contribution is 2.38. The monoisotopic (exact) mass is 469 g/mol. The number of anilines is 1. The standard InChI is InChI=1S/C22H23N5O5S/c1-5-32-19-11-6-8-15(24-19)22-25-21-16(12-14(13-23-21)26-33(4,28)29)27(22)20-17(30-2)9-7-10-18(20)31-3/h6-13,26H,5H2,1-4H3. The van der Waals surface area contributed by atoms with Crippen molar-refractivity contribution in [1.82, 2.24) is 19.5 Å². The predicted octanol–water partition coefficient (Wildman–Crippen LogP) is 3.27. The van der Waals surface area contributed by atoms with Gasteiger partial charge in [0.05, 0.1) is 44.5 Å². The van der Waals surface area contributed by atoms with Gasteiger partial charge in [0, 0.05) is 6.07 Å². The molecule has 11 heteroatoms. The number of sulfonamides is 1. The first-order valence-corrected chi connectivity index (χ1v) is 11.9. The number of pyridine rings is 2. The predicted molar refractivity (Wildman–Crippen MR) is 125 cm³/mol. The molecular weight excluding hydrogens is 446 g/mol. The summed E-state index contributed by atoms with van der Waals surface area (Å²) in [4.78, 5) is 13.6. The lowest BCUT2D eigenvalue weighted by Crippen LogP contribution is -2.10. The summed E-state index contributed by atoms with van der Waals surface area (Å²) in [7, 11) is -0.393. The van der Waals surface area contributed by atoms with Crippen molar-refractivity contribution in [1.29, 1.82) is 0 Å². The molecule has 1 aromatic carbocycles. The Morgan fingerprint density at radius 3 is 2.36 bits per heavy atom. The Morgan fingerprint density at radius 1 is 1.03 bits per heavy atom. The highest BCUT2D eigenvalue weighted by atomic mass is 32.2. The third-order valence-electron chi connectivity index (χ3n) is 4.69. The molecule has 4 aromatic rings. The van der Waals surface area contributed by atoms with Crippen LogP contribution in [0.5, 0.6) is 17.4 Å². The molecule has 0 bridgehead atoms. The molecule has 172 valence electrons. The van der Waals surface area contributed by atoms with E-state index in [0.29, 0.717) is 58.0 Å². The van der Waals surface area contributed by atoms with Crippen molar-refractivity contribution in [3.05, 3.63) is 48.7 Å². The first kappa shape index (κ1) is 22.3. The number of hydrogen-bond donors (Lipinski definition) is 1. The van der Waals surface area contributed by atoms with Crippen molar-refractivity contribution in [2.45, 2.75) is 6.92 Å². The average molecular weight is 470 g/mol. The number of nitrogens with one attached hydrogen (secondary N) is 1. The second-order valence-corrected chi connectivity index (χ2v) is 8.77. The zero-order valence-corrected chi connectivity index (χ0v) is 19.4. The lowest BCUT2D eigenvalue weighted by Gasteiger charge is -2.17. The summed E-state index contributed by atoms with van der Waals surface area (Å²) in [5.74, 6) is 1.96. The van der Waals surface area contributed by atoms with Crippen LogP contribution < -0.4 is 18.9 Å². The molecule has 0 saturated carbocycles. The summed E-state index contributed by atoms with van der Waals surface area (Å²) in [6.07, 6.45) is 2.49. The molecule has 0 saturated heterocycles. The topological polar surface area (TPSA) is 117 Å². The van der Waals surface area contributed by atoms with Crippen LogP contribution in [0.3, 0.4) is 0 Å². The second kappa shape index (κ2) is 8.94. The molecule has 3 heterocycles. The Hall–Kier alpha value is -3.86. The molecule has 33 heavy (non-hydrogen) atoms. The molecule has 0 spiro atoms. The molecule has 1 N–H and O–H groups in total. The van der Waals surface area contributed by atoms with E-state index < -0.39 is 10.0 Å². The number of ether oxygens (including phenoxy) is 3. The van der Waals surface area contributed by atoms with Crippen LogP contribution in [0, 0.1) is 0 Å². The molecule has 4 rings (SSSR count). The van der Waals surface area contributed by atoms with Crippen molar-refractivity contribution < 1.29 is 22.6 Å². The van der Waals surface area contributed by atoms with Gasteiger partial charge in [-0.05, 0) is 31.2 Å². The van der Waals surface area contributed by atoms with Crippen LogP contribution in [0.4, 0.5) is 5.69 Å². The van der Waals surface area contributed by atoms with Gasteiger partial charge in [0.2, 0.25) is 15.9 Å². The van der Waals surface area contributed by atoms with Crippen LogP contribution in [-0.2, 0) is 10.0 Å². The van der Waals surface area contributed by atoms with Gasteiger partial charge in [0.1, 0.15) is 22.9 Å². The number of para-hydroxylation sites is 1. The van der Waals surface area contributed by atoms with Gasteiger partial charge in [0.15, 0.2) is 11.5 Å². The first-order valence-electron chi connectivity index (χ1n) is 10.0. The minimum atomic E-state index is -3.50. The lowest BCUT2D eigenvalue weighted by atomic mass is 10.2. The molecule has 0 amide bonds. The summed E-state index contributed by atoms with van der Waals surface area (Å²) in [6.45, 7) is 2.35. The van der Waals surface area contributed by atoms with Gasteiger partial charge in [-0.3, -0.25) is 9.29 Å². The zero-order chi connectivity index (χ0) is 23.6. The number of nitrogens with zero attached hydrogens (tertiary/aromatic N) is 4. The highest BCUT2D eigenvalue weighted by molar-refractivity contribution is 7.92. The minimum absolute atomic E-state index is 0.294. The smallest absolute Gasteiger partial charge is 0.229 e. The second-order valence-electron chi connectivity index (χ2n) is 7.02. The quantitative estimate of drug-likeness (QED) is 0.418. The SMILES string of the molecule is CCOc1cccc(-c2nc3ncc(NS(C)(=O)=O)cc3n2-c2c(OC)cccc2OC)n1. The van der Waals surface area contributed by atoms with Gasteiger partial charge in [-0.15, -0.1) is 0 Å². The number of hydrogen-bond acceptors (Lipinski definition) is 8. The minimum Gasteiger partial charge on any atom is -0.494 e. The Morgan fingerprint density at radius 2 is 1.73 bits per heavy atom. The first-order chi connectivity index (χ1) is 15.8. The molecular formula is C22H23N5O5S.